The molecule has 0 radical (unpaired) electrons. The average Bonchev–Trinajstić information content (AvgIpc) is 2.55. The number of benzene rings is 1. The third-order valence-corrected chi connectivity index (χ3v) is 2.84. The number of nitrogens with zero attached hydrogens (tertiary/aromatic N) is 2. The zero-order chi connectivity index (χ0) is 16.7. The van der Waals surface area contributed by atoms with Crippen molar-refractivity contribution in [3.63, 3.8) is 0 Å². The van der Waals surface area contributed by atoms with Gasteiger partial charge in [-0.05, 0) is 31.2 Å². The lowest BCUT2D eigenvalue weighted by atomic mass is 10.2. The van der Waals surface area contributed by atoms with Gasteiger partial charge in [-0.25, -0.2) is 9.82 Å². The highest BCUT2D eigenvalue weighted by Crippen LogP contribution is 2.12. The molecule has 0 fully saturated rings. The summed E-state index contributed by atoms with van der Waals surface area (Å²) >= 11 is 0. The predicted molar refractivity (Wildman–Crippen MR) is 84.5 cm³/mol. The summed E-state index contributed by atoms with van der Waals surface area (Å²) in [5.74, 6) is -1.36. The summed E-state index contributed by atoms with van der Waals surface area (Å²) in [6.07, 6.45) is 2.89. The van der Waals surface area contributed by atoms with Crippen LogP contribution in [0, 0.1) is 5.82 Å². The van der Waals surface area contributed by atoms with Crippen LogP contribution in [0.2, 0.25) is 0 Å². The first-order valence-electron chi connectivity index (χ1n) is 6.84. The maximum Gasteiger partial charge on any atom is 0.272 e. The molecule has 118 valence electrons. The van der Waals surface area contributed by atoms with Crippen molar-refractivity contribution in [3.8, 4) is 0 Å². The van der Waals surface area contributed by atoms with Crippen LogP contribution in [-0.2, 0) is 4.79 Å². The van der Waals surface area contributed by atoms with Crippen LogP contribution in [0.1, 0.15) is 23.7 Å². The van der Waals surface area contributed by atoms with Gasteiger partial charge in [-0.1, -0.05) is 12.1 Å². The molecule has 1 aromatic carbocycles. The number of aromatic nitrogens is 1. The average molecular weight is 314 g/mol. The van der Waals surface area contributed by atoms with Crippen molar-refractivity contribution in [2.45, 2.75) is 13.3 Å². The van der Waals surface area contributed by atoms with E-state index in [0.29, 0.717) is 11.3 Å². The van der Waals surface area contributed by atoms with Crippen molar-refractivity contribution in [3.05, 3.63) is 60.2 Å². The first-order valence-corrected chi connectivity index (χ1v) is 6.84. The molecule has 1 aromatic heterocycles. The third kappa shape index (κ3) is 4.99. The summed E-state index contributed by atoms with van der Waals surface area (Å²) in [5, 5.41) is 6.28. The van der Waals surface area contributed by atoms with Crippen LogP contribution in [-0.4, -0.2) is 22.5 Å². The number of nitrogens with one attached hydrogen (secondary N) is 2. The lowest BCUT2D eigenvalue weighted by molar-refractivity contribution is -0.115. The van der Waals surface area contributed by atoms with E-state index in [1.165, 1.54) is 24.4 Å². The van der Waals surface area contributed by atoms with Gasteiger partial charge in [-0.15, -0.1) is 0 Å². The molecule has 6 nitrogen and oxygen atoms in total. The summed E-state index contributed by atoms with van der Waals surface area (Å²) in [6.45, 7) is 1.59. The molecular formula is C16H15FN4O2. The molecule has 1 heterocycles. The Balaban J connectivity index is 1.88. The molecule has 2 amide bonds. The molecule has 2 rings (SSSR count). The van der Waals surface area contributed by atoms with Crippen molar-refractivity contribution in [2.24, 2.45) is 5.10 Å². The Morgan fingerprint density at radius 3 is 2.70 bits per heavy atom. The van der Waals surface area contributed by atoms with Crippen LogP contribution in [0.3, 0.4) is 0 Å². The molecule has 0 aliphatic carbocycles. The summed E-state index contributed by atoms with van der Waals surface area (Å²) in [5.41, 5.74) is 3.18. The molecule has 0 aliphatic heterocycles. The molecule has 0 spiro atoms. The van der Waals surface area contributed by atoms with Crippen LogP contribution < -0.4 is 10.7 Å². The second-order valence-corrected chi connectivity index (χ2v) is 4.73. The number of hydrogen-bond donors (Lipinski definition) is 2. The molecule has 0 unspecified atom stereocenters. The van der Waals surface area contributed by atoms with Crippen LogP contribution in [0.4, 0.5) is 10.1 Å². The Kier molecular flexibility index (Phi) is 5.51. The Morgan fingerprint density at radius 2 is 2.00 bits per heavy atom. The maximum absolute atomic E-state index is 13.4. The number of carbonyl (C=O) groups is 2. The zero-order valence-electron chi connectivity index (χ0n) is 12.4. The number of amides is 2. The molecule has 0 atom stereocenters. The van der Waals surface area contributed by atoms with Gasteiger partial charge in [-0.2, -0.15) is 5.10 Å². The third-order valence-electron chi connectivity index (χ3n) is 2.84. The van der Waals surface area contributed by atoms with E-state index in [1.54, 1.807) is 31.3 Å². The molecule has 7 heteroatoms. The van der Waals surface area contributed by atoms with E-state index in [0.717, 1.165) is 0 Å². The summed E-state index contributed by atoms with van der Waals surface area (Å²) < 4.78 is 13.4. The monoisotopic (exact) mass is 314 g/mol. The smallest absolute Gasteiger partial charge is 0.272 e. The largest absolute Gasteiger partial charge is 0.323 e. The highest BCUT2D eigenvalue weighted by molar-refractivity contribution is 6.06. The molecule has 0 saturated carbocycles. The normalized spacial score (nSPS) is 11.0. The van der Waals surface area contributed by atoms with Gasteiger partial charge < -0.3 is 5.32 Å². The number of rotatable bonds is 5. The van der Waals surface area contributed by atoms with Crippen LogP contribution in [0.25, 0.3) is 0 Å². The van der Waals surface area contributed by atoms with E-state index in [4.69, 9.17) is 0 Å². The van der Waals surface area contributed by atoms with Crippen LogP contribution >= 0.6 is 0 Å². The molecule has 2 N–H and O–H groups in total. The lowest BCUT2D eigenvalue weighted by Gasteiger charge is -2.06. The van der Waals surface area contributed by atoms with Gasteiger partial charge in [0.25, 0.3) is 5.91 Å². The second kappa shape index (κ2) is 7.79. The quantitative estimate of drug-likeness (QED) is 0.656. The van der Waals surface area contributed by atoms with Crippen molar-refractivity contribution in [1.29, 1.82) is 0 Å². The zero-order valence-corrected chi connectivity index (χ0v) is 12.4. The van der Waals surface area contributed by atoms with Crippen molar-refractivity contribution in [2.75, 3.05) is 5.32 Å². The molecule has 0 aliphatic rings. The van der Waals surface area contributed by atoms with Gasteiger partial charge in [-0.3, -0.25) is 14.6 Å². The highest BCUT2D eigenvalue weighted by Gasteiger charge is 2.08. The van der Waals surface area contributed by atoms with Gasteiger partial charge in [0.05, 0.1) is 17.7 Å². The van der Waals surface area contributed by atoms with Crippen molar-refractivity contribution < 1.29 is 14.0 Å². The van der Waals surface area contributed by atoms with E-state index in [2.05, 4.69) is 20.8 Å². The number of anilines is 1. The Bertz CT molecular complexity index is 732. The van der Waals surface area contributed by atoms with Crippen molar-refractivity contribution in [1.82, 2.24) is 10.4 Å². The van der Waals surface area contributed by atoms with Crippen LogP contribution in [0.15, 0.2) is 53.9 Å². The minimum absolute atomic E-state index is 0.0678. The van der Waals surface area contributed by atoms with E-state index in [9.17, 15) is 14.0 Å². The Labute approximate surface area is 132 Å². The van der Waals surface area contributed by atoms with Gasteiger partial charge in [0.2, 0.25) is 5.91 Å². The molecule has 0 bridgehead atoms. The highest BCUT2D eigenvalue weighted by atomic mass is 19.1. The van der Waals surface area contributed by atoms with E-state index in [-0.39, 0.29) is 12.1 Å². The summed E-state index contributed by atoms with van der Waals surface area (Å²) in [4.78, 5) is 27.4. The molecular weight excluding hydrogens is 299 g/mol. The Hall–Kier alpha value is -3.09. The topological polar surface area (TPSA) is 83.5 Å². The number of carbonyl (C=O) groups excluding carboxylic acids is 2. The van der Waals surface area contributed by atoms with Crippen LogP contribution in [0.5, 0.6) is 0 Å². The summed E-state index contributed by atoms with van der Waals surface area (Å²) in [6, 6.07) is 9.10. The fourth-order valence-corrected chi connectivity index (χ4v) is 1.74. The molecule has 2 aromatic rings. The fourth-order valence-electron chi connectivity index (χ4n) is 1.74. The standard InChI is InChI=1S/C16H15FN4O2/c1-11(20-21-16(23)12-5-4-8-18-10-12)9-15(22)19-14-7-3-2-6-13(14)17/h2-8,10H,9H2,1H3,(H,19,22)(H,21,23)/b20-11+. The SMILES string of the molecule is C/C(CC(=O)Nc1ccccc1F)=N\NC(=O)c1cccnc1. The number of hydrazone groups is 1. The number of hydrogen-bond acceptors (Lipinski definition) is 4. The maximum atomic E-state index is 13.4. The van der Waals surface area contributed by atoms with Gasteiger partial charge in [0.15, 0.2) is 0 Å². The Morgan fingerprint density at radius 1 is 1.22 bits per heavy atom. The van der Waals surface area contributed by atoms with Gasteiger partial charge in [0.1, 0.15) is 5.82 Å². The molecule has 23 heavy (non-hydrogen) atoms. The first-order chi connectivity index (χ1) is 11.1. The predicted octanol–water partition coefficient (Wildman–Crippen LogP) is 2.36. The van der Waals surface area contributed by atoms with Gasteiger partial charge in [0, 0.05) is 18.1 Å². The summed E-state index contributed by atoms with van der Waals surface area (Å²) in [7, 11) is 0. The number of halogens is 1. The van der Waals surface area contributed by atoms with E-state index >= 15 is 0 Å². The second-order valence-electron chi connectivity index (χ2n) is 4.73. The van der Waals surface area contributed by atoms with E-state index in [1.807, 2.05) is 0 Å². The van der Waals surface area contributed by atoms with E-state index < -0.39 is 17.6 Å². The lowest BCUT2D eigenvalue weighted by Crippen LogP contribution is -2.21. The number of pyridine rings is 1. The first kappa shape index (κ1) is 16.3. The fraction of sp³-hybridized carbons (Fsp3) is 0.125. The minimum atomic E-state index is -0.514. The molecule has 0 saturated heterocycles. The van der Waals surface area contributed by atoms with Crippen molar-refractivity contribution >= 4 is 23.2 Å². The van der Waals surface area contributed by atoms with Gasteiger partial charge >= 0.3 is 0 Å². The number of para-hydroxylation sites is 1. The minimum Gasteiger partial charge on any atom is -0.323 e.